The van der Waals surface area contributed by atoms with Gasteiger partial charge in [-0.25, -0.2) is 0 Å². The maximum atomic E-state index is 9.93. The van der Waals surface area contributed by atoms with E-state index in [2.05, 4.69) is 19.1 Å². The highest BCUT2D eigenvalue weighted by Crippen LogP contribution is 2.51. The summed E-state index contributed by atoms with van der Waals surface area (Å²) < 4.78 is 0. The lowest BCUT2D eigenvalue weighted by molar-refractivity contribution is -0.141. The van der Waals surface area contributed by atoms with Gasteiger partial charge in [0.15, 0.2) is 0 Å². The third-order valence-electron chi connectivity index (χ3n) is 4.47. The molecular weight excluding hydrogens is 224 g/mol. The molecule has 2 bridgehead atoms. The highest BCUT2D eigenvalue weighted by atomic mass is 16.4. The SMILES string of the molecule is CCC(C)C(=O)O.CCCCC12C=CC(CC1)C2. The third kappa shape index (κ3) is 4.15. The number of carboxylic acids is 1. The van der Waals surface area contributed by atoms with Crippen LogP contribution < -0.4 is 0 Å². The topological polar surface area (TPSA) is 37.3 Å². The molecule has 2 aliphatic rings. The lowest BCUT2D eigenvalue weighted by Gasteiger charge is -2.22. The van der Waals surface area contributed by atoms with E-state index in [9.17, 15) is 4.79 Å². The smallest absolute Gasteiger partial charge is 0.306 e. The fraction of sp³-hybridized carbons (Fsp3) is 0.812. The van der Waals surface area contributed by atoms with Crippen LogP contribution in [0.3, 0.4) is 0 Å². The Balaban J connectivity index is 0.000000203. The van der Waals surface area contributed by atoms with Crippen molar-refractivity contribution in [2.24, 2.45) is 17.3 Å². The summed E-state index contributed by atoms with van der Waals surface area (Å²) in [5.41, 5.74) is 0.681. The quantitative estimate of drug-likeness (QED) is 0.723. The molecule has 2 heteroatoms. The molecule has 0 saturated heterocycles. The molecular formula is C16H28O2. The number of hydrogen-bond donors (Lipinski definition) is 1. The molecule has 0 spiro atoms. The molecule has 1 saturated carbocycles. The fourth-order valence-electron chi connectivity index (χ4n) is 2.87. The molecule has 18 heavy (non-hydrogen) atoms. The summed E-state index contributed by atoms with van der Waals surface area (Å²) >= 11 is 0. The first kappa shape index (κ1) is 15.3. The van der Waals surface area contributed by atoms with Crippen molar-refractivity contribution in [3.8, 4) is 0 Å². The van der Waals surface area contributed by atoms with Crippen LogP contribution in [0.15, 0.2) is 12.2 Å². The zero-order valence-electron chi connectivity index (χ0n) is 12.1. The fourth-order valence-corrected chi connectivity index (χ4v) is 2.87. The van der Waals surface area contributed by atoms with Crippen LogP contribution in [0.25, 0.3) is 0 Å². The minimum Gasteiger partial charge on any atom is -0.481 e. The number of carboxylic acid groups (broad SMARTS) is 1. The average molecular weight is 252 g/mol. The molecule has 3 atom stereocenters. The number of allylic oxidation sites excluding steroid dienone is 2. The van der Waals surface area contributed by atoms with Crippen molar-refractivity contribution >= 4 is 5.97 Å². The number of aliphatic carboxylic acids is 1. The van der Waals surface area contributed by atoms with Gasteiger partial charge in [-0.05, 0) is 43.4 Å². The Morgan fingerprint density at radius 1 is 1.50 bits per heavy atom. The molecule has 0 aliphatic heterocycles. The molecule has 1 fully saturated rings. The predicted octanol–water partition coefficient (Wildman–Crippen LogP) is 4.65. The van der Waals surface area contributed by atoms with Gasteiger partial charge < -0.3 is 5.11 Å². The number of rotatable bonds is 5. The summed E-state index contributed by atoms with van der Waals surface area (Å²) in [6, 6.07) is 0. The molecule has 0 heterocycles. The Kier molecular flexibility index (Phi) is 5.90. The summed E-state index contributed by atoms with van der Waals surface area (Å²) in [4.78, 5) is 9.93. The summed E-state index contributed by atoms with van der Waals surface area (Å²) in [5, 5.41) is 8.18. The number of fused-ring (bicyclic) bond motifs is 2. The van der Waals surface area contributed by atoms with Gasteiger partial charge in [0.2, 0.25) is 0 Å². The first-order valence-corrected chi connectivity index (χ1v) is 7.45. The highest BCUT2D eigenvalue weighted by molar-refractivity contribution is 5.69. The zero-order valence-corrected chi connectivity index (χ0v) is 12.1. The maximum absolute atomic E-state index is 9.93. The second-order valence-corrected chi connectivity index (χ2v) is 5.98. The molecule has 0 aromatic heterocycles. The first-order valence-electron chi connectivity index (χ1n) is 7.45. The monoisotopic (exact) mass is 252 g/mol. The van der Waals surface area contributed by atoms with Gasteiger partial charge in [-0.1, -0.05) is 45.8 Å². The largest absolute Gasteiger partial charge is 0.481 e. The van der Waals surface area contributed by atoms with Crippen molar-refractivity contribution in [2.75, 3.05) is 0 Å². The predicted molar refractivity (Wildman–Crippen MR) is 75.5 cm³/mol. The number of unbranched alkanes of at least 4 members (excludes halogenated alkanes) is 1. The van der Waals surface area contributed by atoms with Crippen LogP contribution in [0.5, 0.6) is 0 Å². The van der Waals surface area contributed by atoms with Crippen LogP contribution in [0.1, 0.15) is 65.7 Å². The van der Waals surface area contributed by atoms with Crippen LogP contribution in [0, 0.1) is 17.3 Å². The van der Waals surface area contributed by atoms with Gasteiger partial charge in [-0.3, -0.25) is 4.79 Å². The van der Waals surface area contributed by atoms with E-state index < -0.39 is 5.97 Å². The van der Waals surface area contributed by atoms with Crippen LogP contribution in [-0.4, -0.2) is 11.1 Å². The molecule has 0 aromatic rings. The van der Waals surface area contributed by atoms with Gasteiger partial charge in [0.25, 0.3) is 0 Å². The molecule has 2 nitrogen and oxygen atoms in total. The van der Waals surface area contributed by atoms with Gasteiger partial charge in [0.05, 0.1) is 5.92 Å². The Morgan fingerprint density at radius 2 is 2.22 bits per heavy atom. The molecule has 104 valence electrons. The van der Waals surface area contributed by atoms with Gasteiger partial charge >= 0.3 is 5.97 Å². The van der Waals surface area contributed by atoms with Crippen LogP contribution in [-0.2, 0) is 4.79 Å². The van der Waals surface area contributed by atoms with E-state index in [1.165, 1.54) is 38.5 Å². The van der Waals surface area contributed by atoms with Gasteiger partial charge in [-0.2, -0.15) is 0 Å². The first-order chi connectivity index (χ1) is 8.53. The number of hydrogen-bond acceptors (Lipinski definition) is 1. The Bertz CT molecular complexity index is 295. The van der Waals surface area contributed by atoms with Crippen molar-refractivity contribution in [1.29, 1.82) is 0 Å². The molecule has 3 unspecified atom stereocenters. The van der Waals surface area contributed by atoms with Crippen molar-refractivity contribution < 1.29 is 9.90 Å². The zero-order chi connectivity index (χ0) is 13.6. The normalized spacial score (nSPS) is 29.8. The molecule has 2 aliphatic carbocycles. The lowest BCUT2D eigenvalue weighted by Crippen LogP contribution is -2.10. The second kappa shape index (κ2) is 6.96. The molecule has 0 amide bonds. The van der Waals surface area contributed by atoms with Crippen LogP contribution in [0.4, 0.5) is 0 Å². The van der Waals surface area contributed by atoms with Crippen molar-refractivity contribution in [2.45, 2.75) is 65.7 Å². The van der Waals surface area contributed by atoms with Crippen LogP contribution >= 0.6 is 0 Å². The van der Waals surface area contributed by atoms with E-state index in [1.807, 2.05) is 6.92 Å². The highest BCUT2D eigenvalue weighted by Gasteiger charge is 2.39. The second-order valence-electron chi connectivity index (χ2n) is 5.98. The standard InChI is InChI=1S/C11H18.C5H10O2/c1-2-3-6-11-7-4-10(9-11)5-8-11;1-3-4(2)5(6)7/h4,7,10H,2-3,5-6,8-9H2,1H3;4H,3H2,1-2H3,(H,6,7). The van der Waals surface area contributed by atoms with Gasteiger partial charge in [0.1, 0.15) is 0 Å². The molecule has 1 N–H and O–H groups in total. The Hall–Kier alpha value is -0.790. The molecule has 0 radical (unpaired) electrons. The summed E-state index contributed by atoms with van der Waals surface area (Å²) in [6.07, 6.45) is 14.4. The van der Waals surface area contributed by atoms with E-state index in [1.54, 1.807) is 6.92 Å². The summed E-state index contributed by atoms with van der Waals surface area (Å²) in [6.45, 7) is 5.85. The van der Waals surface area contributed by atoms with Gasteiger partial charge in [0, 0.05) is 0 Å². The van der Waals surface area contributed by atoms with Crippen molar-refractivity contribution in [1.82, 2.24) is 0 Å². The van der Waals surface area contributed by atoms with E-state index >= 15 is 0 Å². The Morgan fingerprint density at radius 3 is 2.50 bits per heavy atom. The third-order valence-corrected chi connectivity index (χ3v) is 4.47. The minimum absolute atomic E-state index is 0.181. The van der Waals surface area contributed by atoms with Crippen molar-refractivity contribution in [3.05, 3.63) is 12.2 Å². The summed E-state index contributed by atoms with van der Waals surface area (Å²) in [5.74, 6) is 0.0781. The van der Waals surface area contributed by atoms with E-state index in [0.29, 0.717) is 5.41 Å². The molecule has 2 rings (SSSR count). The molecule has 0 aromatic carbocycles. The van der Waals surface area contributed by atoms with Gasteiger partial charge in [-0.15, -0.1) is 0 Å². The summed E-state index contributed by atoms with van der Waals surface area (Å²) in [7, 11) is 0. The average Bonchev–Trinajstić information content (AvgIpc) is 2.96. The van der Waals surface area contributed by atoms with Crippen molar-refractivity contribution in [3.63, 3.8) is 0 Å². The van der Waals surface area contributed by atoms with E-state index in [-0.39, 0.29) is 5.92 Å². The number of carbonyl (C=O) groups is 1. The lowest BCUT2D eigenvalue weighted by atomic mass is 9.83. The Labute approximate surface area is 111 Å². The van der Waals surface area contributed by atoms with E-state index in [4.69, 9.17) is 5.11 Å². The van der Waals surface area contributed by atoms with E-state index in [0.717, 1.165) is 12.3 Å². The van der Waals surface area contributed by atoms with Crippen LogP contribution in [0.2, 0.25) is 0 Å². The minimum atomic E-state index is -0.706. The maximum Gasteiger partial charge on any atom is 0.306 e.